The van der Waals surface area contributed by atoms with Crippen molar-refractivity contribution < 1.29 is 26.3 Å². The van der Waals surface area contributed by atoms with E-state index in [1.54, 1.807) is 12.1 Å². The van der Waals surface area contributed by atoms with Crippen molar-refractivity contribution in [1.82, 2.24) is 4.72 Å². The highest BCUT2D eigenvalue weighted by molar-refractivity contribution is 7.89. The fourth-order valence-electron chi connectivity index (χ4n) is 2.81. The Kier molecular flexibility index (Phi) is 4.86. The lowest BCUT2D eigenvalue weighted by Gasteiger charge is -2.10. The molecule has 0 atom stereocenters. The van der Waals surface area contributed by atoms with Gasteiger partial charge in [-0.1, -0.05) is 30.3 Å². The van der Waals surface area contributed by atoms with Gasteiger partial charge in [-0.3, -0.25) is 0 Å². The van der Waals surface area contributed by atoms with E-state index in [1.807, 2.05) is 24.3 Å². The molecule has 1 N–H and O–H groups in total. The summed E-state index contributed by atoms with van der Waals surface area (Å²) in [6, 6.07) is 12.7. The van der Waals surface area contributed by atoms with Crippen molar-refractivity contribution in [2.24, 2.45) is 0 Å². The maximum absolute atomic E-state index is 12.3. The first-order chi connectivity index (χ1) is 11.8. The predicted molar refractivity (Wildman–Crippen MR) is 86.7 cm³/mol. The maximum Gasteiger partial charge on any atom is 0.411 e. The van der Waals surface area contributed by atoms with Crippen molar-refractivity contribution in [2.45, 2.75) is 17.5 Å². The first kappa shape index (κ1) is 17.9. The maximum atomic E-state index is 12.3. The molecule has 8 heteroatoms. The molecule has 0 spiro atoms. The van der Waals surface area contributed by atoms with Crippen LogP contribution in [-0.4, -0.2) is 34.4 Å². The molecule has 1 aliphatic carbocycles. The van der Waals surface area contributed by atoms with Crippen molar-refractivity contribution in [3.05, 3.63) is 53.6 Å². The Labute approximate surface area is 143 Å². The molecule has 0 saturated carbocycles. The molecule has 3 rings (SSSR count). The standard InChI is InChI=1S/C17H16F3NO3S/c18-17(19,20)11-24-8-7-21-25(22,23)14-5-6-16-13(10-14)9-12-3-1-2-4-15(12)16/h1-6,10,21H,7-9,11H2. The van der Waals surface area contributed by atoms with Gasteiger partial charge in [0, 0.05) is 6.54 Å². The molecule has 2 aromatic rings. The van der Waals surface area contributed by atoms with Gasteiger partial charge >= 0.3 is 6.18 Å². The van der Waals surface area contributed by atoms with Crippen LogP contribution in [0, 0.1) is 0 Å². The number of nitrogens with one attached hydrogen (secondary N) is 1. The average molecular weight is 371 g/mol. The molecule has 1 aliphatic rings. The number of alkyl halides is 3. The topological polar surface area (TPSA) is 55.4 Å². The van der Waals surface area contributed by atoms with Crippen LogP contribution in [0.1, 0.15) is 11.1 Å². The number of sulfonamides is 1. The van der Waals surface area contributed by atoms with Crippen molar-refractivity contribution in [3.63, 3.8) is 0 Å². The molecule has 134 valence electrons. The molecule has 4 nitrogen and oxygen atoms in total. The minimum Gasteiger partial charge on any atom is -0.371 e. The number of hydrogen-bond acceptors (Lipinski definition) is 3. The molecule has 0 saturated heterocycles. The smallest absolute Gasteiger partial charge is 0.371 e. The Morgan fingerprint density at radius 1 is 1.04 bits per heavy atom. The van der Waals surface area contributed by atoms with Crippen LogP contribution in [0.5, 0.6) is 0 Å². The third-order valence-corrected chi connectivity index (χ3v) is 5.34. The van der Waals surface area contributed by atoms with E-state index in [0.717, 1.165) is 22.3 Å². The highest BCUT2D eigenvalue weighted by atomic mass is 32.2. The summed E-state index contributed by atoms with van der Waals surface area (Å²) in [4.78, 5) is 0.0925. The first-order valence-corrected chi connectivity index (χ1v) is 9.10. The summed E-state index contributed by atoms with van der Waals surface area (Å²) in [6.45, 7) is -1.98. The minimum absolute atomic E-state index is 0.0925. The molecule has 0 bridgehead atoms. The molecule has 0 aliphatic heterocycles. The van der Waals surface area contributed by atoms with Crippen molar-refractivity contribution in [1.29, 1.82) is 0 Å². The summed E-state index contributed by atoms with van der Waals surface area (Å²) in [6.07, 6.45) is -3.77. The Balaban J connectivity index is 1.65. The fraction of sp³-hybridized carbons (Fsp3) is 0.294. The monoisotopic (exact) mass is 371 g/mol. The molecule has 25 heavy (non-hydrogen) atoms. The molecule has 0 radical (unpaired) electrons. The van der Waals surface area contributed by atoms with Gasteiger partial charge in [-0.15, -0.1) is 0 Å². The van der Waals surface area contributed by atoms with E-state index in [4.69, 9.17) is 0 Å². The molecule has 2 aromatic carbocycles. The van der Waals surface area contributed by atoms with Gasteiger partial charge in [0.1, 0.15) is 6.61 Å². The Hall–Kier alpha value is -1.90. The number of ether oxygens (including phenoxy) is 1. The third-order valence-electron chi connectivity index (χ3n) is 3.88. The van der Waals surface area contributed by atoms with Gasteiger partial charge < -0.3 is 4.74 Å². The quantitative estimate of drug-likeness (QED) is 0.678. The van der Waals surface area contributed by atoms with Crippen molar-refractivity contribution in [3.8, 4) is 11.1 Å². The zero-order chi connectivity index (χ0) is 18.1. The molecule has 0 aromatic heterocycles. The van der Waals surface area contributed by atoms with Gasteiger partial charge in [0.15, 0.2) is 0 Å². The minimum atomic E-state index is -4.42. The summed E-state index contributed by atoms with van der Waals surface area (Å²) in [7, 11) is -3.80. The van der Waals surface area contributed by atoms with E-state index in [0.29, 0.717) is 6.42 Å². The van der Waals surface area contributed by atoms with Crippen molar-refractivity contribution >= 4 is 10.0 Å². The first-order valence-electron chi connectivity index (χ1n) is 7.62. The van der Waals surface area contributed by atoms with Crippen molar-refractivity contribution in [2.75, 3.05) is 19.8 Å². The second-order valence-electron chi connectivity index (χ2n) is 5.72. The van der Waals surface area contributed by atoms with Gasteiger partial charge in [-0.05, 0) is 40.8 Å². The zero-order valence-corrected chi connectivity index (χ0v) is 14.0. The number of rotatable bonds is 6. The SMILES string of the molecule is O=S(=O)(NCCOCC(F)(F)F)c1ccc2c(c1)Cc1ccccc1-2. The van der Waals surface area contributed by atoms with Crippen LogP contribution in [0.4, 0.5) is 13.2 Å². The fourth-order valence-corrected chi connectivity index (χ4v) is 3.87. The lowest BCUT2D eigenvalue weighted by atomic mass is 10.1. The van der Waals surface area contributed by atoms with Crippen LogP contribution in [0.15, 0.2) is 47.4 Å². The molecular formula is C17H16F3NO3S. The normalized spacial score (nSPS) is 13.6. The average Bonchev–Trinajstić information content (AvgIpc) is 2.91. The molecule has 0 unspecified atom stereocenters. The largest absolute Gasteiger partial charge is 0.411 e. The number of benzene rings is 2. The highest BCUT2D eigenvalue weighted by Gasteiger charge is 2.27. The van der Waals surface area contributed by atoms with E-state index in [2.05, 4.69) is 9.46 Å². The summed E-state index contributed by atoms with van der Waals surface area (Å²) >= 11 is 0. The molecule has 0 fully saturated rings. The van der Waals surface area contributed by atoms with Crippen LogP contribution in [0.2, 0.25) is 0 Å². The van der Waals surface area contributed by atoms with Crippen LogP contribution in [0.25, 0.3) is 11.1 Å². The lowest BCUT2D eigenvalue weighted by molar-refractivity contribution is -0.173. The highest BCUT2D eigenvalue weighted by Crippen LogP contribution is 2.37. The number of fused-ring (bicyclic) bond motifs is 3. The van der Waals surface area contributed by atoms with E-state index in [9.17, 15) is 21.6 Å². The van der Waals surface area contributed by atoms with E-state index < -0.39 is 22.8 Å². The second-order valence-corrected chi connectivity index (χ2v) is 7.49. The van der Waals surface area contributed by atoms with Crippen LogP contribution >= 0.6 is 0 Å². The number of hydrogen-bond donors (Lipinski definition) is 1. The van der Waals surface area contributed by atoms with Crippen LogP contribution in [-0.2, 0) is 21.2 Å². The van der Waals surface area contributed by atoms with E-state index in [1.165, 1.54) is 6.07 Å². The molecule has 0 heterocycles. The summed E-state index contributed by atoms with van der Waals surface area (Å²) in [5.74, 6) is 0. The van der Waals surface area contributed by atoms with Crippen LogP contribution < -0.4 is 4.72 Å². The number of halogens is 3. The molecule has 0 amide bonds. The summed E-state index contributed by atoms with van der Waals surface area (Å²) in [5, 5.41) is 0. The third kappa shape index (κ3) is 4.20. The Morgan fingerprint density at radius 2 is 1.76 bits per heavy atom. The Bertz CT molecular complexity index is 879. The van der Waals surface area contributed by atoms with Gasteiger partial charge in [-0.25, -0.2) is 13.1 Å². The lowest BCUT2D eigenvalue weighted by Crippen LogP contribution is -2.29. The van der Waals surface area contributed by atoms with Gasteiger partial charge in [0.2, 0.25) is 10.0 Å². The predicted octanol–water partition coefficient (Wildman–Crippen LogP) is 3.12. The Morgan fingerprint density at radius 3 is 2.52 bits per heavy atom. The van der Waals surface area contributed by atoms with Gasteiger partial charge in [-0.2, -0.15) is 13.2 Å². The van der Waals surface area contributed by atoms with Gasteiger partial charge in [0.25, 0.3) is 0 Å². The van der Waals surface area contributed by atoms with Gasteiger partial charge in [0.05, 0.1) is 11.5 Å². The summed E-state index contributed by atoms with van der Waals surface area (Å²) < 4.78 is 67.1. The van der Waals surface area contributed by atoms with E-state index in [-0.39, 0.29) is 18.0 Å². The summed E-state index contributed by atoms with van der Waals surface area (Å²) in [5.41, 5.74) is 4.15. The second kappa shape index (κ2) is 6.78. The van der Waals surface area contributed by atoms with E-state index >= 15 is 0 Å². The van der Waals surface area contributed by atoms with Crippen LogP contribution in [0.3, 0.4) is 0 Å². The molecular weight excluding hydrogens is 355 g/mol. The zero-order valence-electron chi connectivity index (χ0n) is 13.1.